The van der Waals surface area contributed by atoms with E-state index in [4.69, 9.17) is 9.47 Å². The van der Waals surface area contributed by atoms with Gasteiger partial charge in [0.15, 0.2) is 0 Å². The third kappa shape index (κ3) is 2.44. The van der Waals surface area contributed by atoms with Gasteiger partial charge in [-0.25, -0.2) is 4.79 Å². The van der Waals surface area contributed by atoms with Crippen molar-refractivity contribution in [2.24, 2.45) is 0 Å². The van der Waals surface area contributed by atoms with Crippen LogP contribution in [0.15, 0.2) is 24.3 Å². The van der Waals surface area contributed by atoms with Crippen molar-refractivity contribution in [3.8, 4) is 0 Å². The number of carbonyl (C=O) groups is 1. The van der Waals surface area contributed by atoms with E-state index in [2.05, 4.69) is 6.58 Å². The van der Waals surface area contributed by atoms with Gasteiger partial charge in [0.05, 0.1) is 12.6 Å². The van der Waals surface area contributed by atoms with Gasteiger partial charge in [-0.05, 0) is 18.9 Å². The molecule has 0 aromatic rings. The summed E-state index contributed by atoms with van der Waals surface area (Å²) in [5.41, 5.74) is 0.922. The minimum atomic E-state index is -0.254. The number of ether oxygens (including phenoxy) is 2. The second-order valence-corrected chi connectivity index (χ2v) is 4.07. The zero-order chi connectivity index (χ0) is 11.5. The van der Waals surface area contributed by atoms with Gasteiger partial charge in [-0.3, -0.25) is 0 Å². The second-order valence-electron chi connectivity index (χ2n) is 4.07. The summed E-state index contributed by atoms with van der Waals surface area (Å²) in [6.07, 6.45) is 4.90. The highest BCUT2D eigenvalue weighted by Gasteiger charge is 2.44. The lowest BCUT2D eigenvalue weighted by Crippen LogP contribution is -2.39. The first-order chi connectivity index (χ1) is 7.74. The van der Waals surface area contributed by atoms with Crippen LogP contribution < -0.4 is 0 Å². The lowest BCUT2D eigenvalue weighted by atomic mass is 10.1. The smallest absolute Gasteiger partial charge is 0.410 e. The van der Waals surface area contributed by atoms with Crippen LogP contribution >= 0.6 is 0 Å². The van der Waals surface area contributed by atoms with Crippen LogP contribution in [0.25, 0.3) is 0 Å². The van der Waals surface area contributed by atoms with Crippen molar-refractivity contribution in [2.45, 2.75) is 25.6 Å². The van der Waals surface area contributed by atoms with Gasteiger partial charge in [0.1, 0.15) is 12.7 Å². The Bertz CT molecular complexity index is 324. The van der Waals surface area contributed by atoms with E-state index in [1.807, 2.05) is 13.0 Å². The molecule has 0 spiro atoms. The summed E-state index contributed by atoms with van der Waals surface area (Å²) < 4.78 is 10.5. The van der Waals surface area contributed by atoms with Crippen LogP contribution in [-0.2, 0) is 9.47 Å². The van der Waals surface area contributed by atoms with E-state index in [-0.39, 0.29) is 12.2 Å². The molecule has 0 aliphatic carbocycles. The quantitative estimate of drug-likeness (QED) is 0.540. The molecule has 1 amide bonds. The van der Waals surface area contributed by atoms with Gasteiger partial charge in [0.2, 0.25) is 0 Å². The minimum Gasteiger partial charge on any atom is -0.445 e. The van der Waals surface area contributed by atoms with E-state index < -0.39 is 0 Å². The number of amides is 1. The molecule has 16 heavy (non-hydrogen) atoms. The van der Waals surface area contributed by atoms with Gasteiger partial charge >= 0.3 is 6.09 Å². The monoisotopic (exact) mass is 223 g/mol. The first-order valence-corrected chi connectivity index (χ1v) is 5.59. The molecule has 2 atom stereocenters. The van der Waals surface area contributed by atoms with Crippen LogP contribution in [0.2, 0.25) is 0 Å². The summed E-state index contributed by atoms with van der Waals surface area (Å²) in [6.45, 7) is 7.25. The molecule has 0 saturated carbocycles. The number of carbonyl (C=O) groups excluding carboxylic acids is 1. The molecule has 88 valence electrons. The Hall–Kier alpha value is -1.29. The predicted octanol–water partition coefficient (Wildman–Crippen LogP) is 1.73. The lowest BCUT2D eigenvalue weighted by molar-refractivity contribution is 0.106. The summed E-state index contributed by atoms with van der Waals surface area (Å²) in [4.78, 5) is 13.4. The summed E-state index contributed by atoms with van der Waals surface area (Å²) >= 11 is 0. The maximum atomic E-state index is 11.7. The maximum Gasteiger partial charge on any atom is 0.410 e. The van der Waals surface area contributed by atoms with Gasteiger partial charge in [-0.1, -0.05) is 18.7 Å². The molecule has 2 aliphatic heterocycles. The van der Waals surface area contributed by atoms with Crippen molar-refractivity contribution in [1.82, 2.24) is 4.90 Å². The Kier molecular flexibility index (Phi) is 3.29. The Balaban J connectivity index is 1.76. The van der Waals surface area contributed by atoms with Crippen LogP contribution in [-0.4, -0.2) is 42.9 Å². The van der Waals surface area contributed by atoms with Crippen LogP contribution in [0.4, 0.5) is 4.79 Å². The molecule has 2 heterocycles. The summed E-state index contributed by atoms with van der Waals surface area (Å²) in [5.74, 6) is 0. The summed E-state index contributed by atoms with van der Waals surface area (Å²) in [7, 11) is 0. The average Bonchev–Trinajstić information content (AvgIpc) is 3.08. The molecule has 2 aliphatic rings. The van der Waals surface area contributed by atoms with E-state index >= 15 is 0 Å². The molecule has 0 bridgehead atoms. The number of nitrogens with zero attached hydrogens (tertiary/aromatic N) is 1. The topological polar surface area (TPSA) is 42.1 Å². The number of epoxide rings is 1. The van der Waals surface area contributed by atoms with Crippen LogP contribution in [0.1, 0.15) is 13.3 Å². The fourth-order valence-electron chi connectivity index (χ4n) is 1.85. The van der Waals surface area contributed by atoms with Crippen molar-refractivity contribution >= 4 is 6.09 Å². The van der Waals surface area contributed by atoms with Crippen molar-refractivity contribution < 1.29 is 14.3 Å². The zero-order valence-electron chi connectivity index (χ0n) is 9.52. The standard InChI is InChI=1S/C12H17NO3/c1-3-9(4-2)8-15-12(14)13-6-5-10-11(7-13)16-10/h3-4,10-11H,1,5-8H2,2H3/b9-4+. The van der Waals surface area contributed by atoms with E-state index in [0.717, 1.165) is 18.5 Å². The second kappa shape index (κ2) is 4.70. The van der Waals surface area contributed by atoms with Gasteiger partial charge < -0.3 is 14.4 Å². The zero-order valence-corrected chi connectivity index (χ0v) is 9.52. The van der Waals surface area contributed by atoms with Gasteiger partial charge in [0.25, 0.3) is 0 Å². The molecule has 4 heteroatoms. The normalized spacial score (nSPS) is 28.3. The Morgan fingerprint density at radius 2 is 2.44 bits per heavy atom. The summed E-state index contributed by atoms with van der Waals surface area (Å²) in [6, 6.07) is 0. The molecule has 4 nitrogen and oxygen atoms in total. The van der Waals surface area contributed by atoms with Crippen molar-refractivity contribution in [2.75, 3.05) is 19.7 Å². The highest BCUT2D eigenvalue weighted by atomic mass is 16.6. The molecule has 2 rings (SSSR count). The number of fused-ring (bicyclic) bond motifs is 1. The van der Waals surface area contributed by atoms with E-state index in [0.29, 0.717) is 19.3 Å². The molecule has 0 aromatic heterocycles. The molecular weight excluding hydrogens is 206 g/mol. The minimum absolute atomic E-state index is 0.252. The average molecular weight is 223 g/mol. The van der Waals surface area contributed by atoms with Crippen LogP contribution in [0.3, 0.4) is 0 Å². The largest absolute Gasteiger partial charge is 0.445 e. The number of likely N-dealkylation sites (tertiary alicyclic amines) is 1. The van der Waals surface area contributed by atoms with Gasteiger partial charge in [0, 0.05) is 6.54 Å². The Morgan fingerprint density at radius 1 is 1.62 bits per heavy atom. The van der Waals surface area contributed by atoms with Gasteiger partial charge in [-0.15, -0.1) is 0 Å². The fraction of sp³-hybridized carbons (Fsp3) is 0.583. The third-order valence-electron chi connectivity index (χ3n) is 3.03. The maximum absolute atomic E-state index is 11.7. The van der Waals surface area contributed by atoms with E-state index in [1.165, 1.54) is 0 Å². The number of allylic oxidation sites excluding steroid dienone is 1. The number of rotatable bonds is 3. The first-order valence-electron chi connectivity index (χ1n) is 5.59. The lowest BCUT2D eigenvalue weighted by Gasteiger charge is -2.23. The fourth-order valence-corrected chi connectivity index (χ4v) is 1.85. The van der Waals surface area contributed by atoms with E-state index in [9.17, 15) is 4.79 Å². The van der Waals surface area contributed by atoms with Crippen LogP contribution in [0, 0.1) is 0 Å². The van der Waals surface area contributed by atoms with E-state index in [1.54, 1.807) is 11.0 Å². The van der Waals surface area contributed by atoms with Crippen molar-refractivity contribution in [3.63, 3.8) is 0 Å². The molecule has 0 radical (unpaired) electrons. The molecule has 0 N–H and O–H groups in total. The highest BCUT2D eigenvalue weighted by molar-refractivity contribution is 5.68. The Labute approximate surface area is 95.5 Å². The Morgan fingerprint density at radius 3 is 3.06 bits per heavy atom. The SMILES string of the molecule is C=C/C(=C\C)COC(=O)N1CCC2OC2C1. The number of hydrogen-bond donors (Lipinski definition) is 0. The predicted molar refractivity (Wildman–Crippen MR) is 60.2 cm³/mol. The molecule has 2 fully saturated rings. The van der Waals surface area contributed by atoms with Crippen LogP contribution in [0.5, 0.6) is 0 Å². The summed E-state index contributed by atoms with van der Waals surface area (Å²) in [5, 5.41) is 0. The molecule has 2 saturated heterocycles. The molecule has 0 aromatic carbocycles. The van der Waals surface area contributed by atoms with Gasteiger partial charge in [-0.2, -0.15) is 0 Å². The highest BCUT2D eigenvalue weighted by Crippen LogP contribution is 2.30. The van der Waals surface area contributed by atoms with Crippen molar-refractivity contribution in [1.29, 1.82) is 0 Å². The third-order valence-corrected chi connectivity index (χ3v) is 3.03. The molecular formula is C12H17NO3. The molecule has 2 unspecified atom stereocenters. The van der Waals surface area contributed by atoms with Crippen molar-refractivity contribution in [3.05, 3.63) is 24.3 Å². The first kappa shape index (κ1) is 11.2. The number of piperidine rings is 1. The number of hydrogen-bond acceptors (Lipinski definition) is 3.